The van der Waals surface area contributed by atoms with Crippen molar-refractivity contribution in [1.82, 2.24) is 34.1 Å². The minimum Gasteiger partial charge on any atom is -0.397 e. The predicted molar refractivity (Wildman–Crippen MR) is 154 cm³/mol. The molecule has 0 aromatic carbocycles. The third kappa shape index (κ3) is 5.19. The quantitative estimate of drug-likeness (QED) is 0.156. The lowest BCUT2D eigenvalue weighted by atomic mass is 10.1. The number of nitrogens with two attached hydrogens (primary N) is 2. The lowest BCUT2D eigenvalue weighted by molar-refractivity contribution is -0.0565. The average molecular weight is 673 g/mol. The summed E-state index contributed by atoms with van der Waals surface area (Å²) in [5.74, 6) is 0.0631. The molecule has 3 aliphatic heterocycles. The summed E-state index contributed by atoms with van der Waals surface area (Å²) in [6, 6.07) is 1.54. The van der Waals surface area contributed by atoms with Crippen molar-refractivity contribution in [2.24, 2.45) is 0 Å². The van der Waals surface area contributed by atoms with Crippen LogP contribution in [0, 0.1) is 0 Å². The average Bonchev–Trinajstić information content (AvgIpc) is 3.73. The molecular weight excluding hydrogens is 649 g/mol. The van der Waals surface area contributed by atoms with Crippen molar-refractivity contribution in [3.63, 3.8) is 0 Å². The Morgan fingerprint density at radius 3 is 2.34 bits per heavy atom. The Morgan fingerprint density at radius 2 is 1.55 bits per heavy atom. The van der Waals surface area contributed by atoms with Gasteiger partial charge in [0.05, 0.1) is 31.6 Å². The van der Waals surface area contributed by atoms with Gasteiger partial charge in [0.15, 0.2) is 41.9 Å². The molecule has 4 aromatic rings. The molecule has 3 fully saturated rings. The topological polar surface area (TPSA) is 216 Å². The van der Waals surface area contributed by atoms with Crippen LogP contribution in [-0.2, 0) is 36.7 Å². The number of alkyl halides is 2. The highest BCUT2D eigenvalue weighted by Crippen LogP contribution is 2.58. The van der Waals surface area contributed by atoms with E-state index in [0.717, 1.165) is 7.57 Å². The molecule has 4 N–H and O–H groups in total. The third-order valence-corrected chi connectivity index (χ3v) is 10.3. The van der Waals surface area contributed by atoms with Gasteiger partial charge in [0.2, 0.25) is 0 Å². The lowest BCUT2D eigenvalue weighted by Gasteiger charge is -2.26. The van der Waals surface area contributed by atoms with Gasteiger partial charge in [0.1, 0.15) is 41.8 Å². The number of fused-ring (bicyclic) bond motifs is 5. The Morgan fingerprint density at radius 1 is 0.864 bits per heavy atom. The molecule has 4 aromatic heterocycles. The van der Waals surface area contributed by atoms with Gasteiger partial charge in [-0.1, -0.05) is 12.2 Å². The van der Waals surface area contributed by atoms with Crippen LogP contribution >= 0.6 is 26.5 Å². The number of thiol groups is 1. The fourth-order valence-corrected chi connectivity index (χ4v) is 7.98. The van der Waals surface area contributed by atoms with Crippen LogP contribution in [0.1, 0.15) is 12.5 Å². The summed E-state index contributed by atoms with van der Waals surface area (Å²) in [5.41, 5.74) is 13.1. The predicted octanol–water partition coefficient (Wildman–Crippen LogP) is 1.50. The molecule has 7 rings (SSSR count). The molecule has 0 saturated carbocycles. The van der Waals surface area contributed by atoms with E-state index < -0.39 is 76.7 Å². The molecular formula is C21H24BF2N9O8P2S. The summed E-state index contributed by atoms with van der Waals surface area (Å²) in [4.78, 5) is 20.5. The number of imidazole rings is 2. The van der Waals surface area contributed by atoms with Crippen LogP contribution in [0.15, 0.2) is 31.2 Å². The highest BCUT2D eigenvalue weighted by molar-refractivity contribution is 8.44. The molecule has 3 unspecified atom stereocenters. The molecule has 0 radical (unpaired) electrons. The largest absolute Gasteiger partial charge is 0.397 e. The van der Waals surface area contributed by atoms with E-state index in [2.05, 4.69) is 37.2 Å². The highest BCUT2D eigenvalue weighted by atomic mass is 32.7. The highest BCUT2D eigenvalue weighted by Gasteiger charge is 2.54. The maximum absolute atomic E-state index is 16.0. The van der Waals surface area contributed by atoms with Gasteiger partial charge < -0.3 is 30.0 Å². The van der Waals surface area contributed by atoms with Gasteiger partial charge in [-0.3, -0.25) is 22.7 Å². The summed E-state index contributed by atoms with van der Waals surface area (Å²) < 4.78 is 95.3. The zero-order valence-corrected chi connectivity index (χ0v) is 25.3. The van der Waals surface area contributed by atoms with Crippen LogP contribution in [0.25, 0.3) is 22.3 Å². The normalized spacial score (nSPS) is 38.2. The number of anilines is 2. The van der Waals surface area contributed by atoms with Gasteiger partial charge in [-0.2, -0.15) is 0 Å². The van der Waals surface area contributed by atoms with Crippen molar-refractivity contribution in [2.75, 3.05) is 24.7 Å². The molecule has 10 atom stereocenters. The number of hydrogen-bond donors (Lipinski definition) is 3. The van der Waals surface area contributed by atoms with Crippen molar-refractivity contribution in [3.8, 4) is 0 Å². The molecule has 3 saturated heterocycles. The van der Waals surface area contributed by atoms with Gasteiger partial charge in [-0.25, -0.2) is 38.3 Å². The third-order valence-electron chi connectivity index (χ3n) is 7.40. The zero-order chi connectivity index (χ0) is 31.0. The fraction of sp³-hybridized carbons (Fsp3) is 0.476. The molecule has 23 heteroatoms. The first-order valence-corrected chi connectivity index (χ1v) is 17.8. The van der Waals surface area contributed by atoms with E-state index in [1.807, 2.05) is 0 Å². The molecule has 3 aliphatic rings. The fourth-order valence-electron chi connectivity index (χ4n) is 5.35. The molecule has 0 spiro atoms. The second kappa shape index (κ2) is 11.0. The summed E-state index contributed by atoms with van der Waals surface area (Å²) in [5, 5.41) is 0. The molecule has 0 amide bonds. The van der Waals surface area contributed by atoms with Crippen molar-refractivity contribution in [3.05, 3.63) is 31.2 Å². The number of halogens is 2. The monoisotopic (exact) mass is 673 g/mol. The van der Waals surface area contributed by atoms with Crippen molar-refractivity contribution >= 4 is 67.9 Å². The smallest absolute Gasteiger partial charge is 0.386 e. The molecule has 234 valence electrons. The first-order chi connectivity index (χ1) is 20.9. The van der Waals surface area contributed by atoms with Gasteiger partial charge in [-0.15, -0.1) is 0 Å². The Bertz CT molecular complexity index is 1840. The van der Waals surface area contributed by atoms with Crippen LogP contribution in [0.4, 0.5) is 20.3 Å². The van der Waals surface area contributed by atoms with Gasteiger partial charge in [-0.05, 0) is 6.07 Å². The number of rotatable bonds is 2. The van der Waals surface area contributed by atoms with Crippen LogP contribution in [-0.4, -0.2) is 91.6 Å². The van der Waals surface area contributed by atoms with Gasteiger partial charge >= 0.3 is 6.80 Å². The van der Waals surface area contributed by atoms with Crippen LogP contribution in [0.3, 0.4) is 0 Å². The zero-order valence-electron chi connectivity index (χ0n) is 22.6. The minimum atomic E-state index is -4.40. The van der Waals surface area contributed by atoms with Crippen LogP contribution < -0.4 is 11.5 Å². The number of aromatic nitrogens is 7. The molecule has 44 heavy (non-hydrogen) atoms. The van der Waals surface area contributed by atoms with E-state index in [-0.39, 0.29) is 22.6 Å². The van der Waals surface area contributed by atoms with E-state index in [1.54, 1.807) is 0 Å². The first-order valence-electron chi connectivity index (χ1n) is 13.1. The van der Waals surface area contributed by atoms with E-state index in [0.29, 0.717) is 11.2 Å². The van der Waals surface area contributed by atoms with Crippen LogP contribution in [0.2, 0.25) is 0 Å². The van der Waals surface area contributed by atoms with E-state index >= 15 is 8.78 Å². The van der Waals surface area contributed by atoms with Gasteiger partial charge in [0, 0.05) is 6.20 Å². The standard InChI is InChI=1S/C21H24BF2N9O8P2S/c22-42(34)36-3-9-11(23)16(21(38-9)33-6-30-13-8(25)1-2-27-18(13)33)41-43(35,44)37-4-10-15(40-42)12(24)20(39-10)32-7-31-14-17(26)28-5-29-19(14)32/h1-2,5-7,9-12,15-16,20-21H,3-4,22H2,(H2,25,27)(H,35,44)(H2,26,28,29)/t9-,10-,11?,12-,15-,16-,20-,21-,42?,43?/m1/s1. The minimum absolute atomic E-state index is 0.0631. The van der Waals surface area contributed by atoms with Crippen molar-refractivity contribution in [1.29, 1.82) is 0 Å². The summed E-state index contributed by atoms with van der Waals surface area (Å²) in [6.07, 6.45) is -7.39. The number of ether oxygens (including phenoxy) is 2. The Kier molecular flexibility index (Phi) is 7.46. The second-order valence-electron chi connectivity index (χ2n) is 10.3. The summed E-state index contributed by atoms with van der Waals surface area (Å²) in [6.45, 7) is -5.63. The van der Waals surface area contributed by atoms with Crippen molar-refractivity contribution in [2.45, 2.75) is 49.2 Å². The Labute approximate surface area is 252 Å². The maximum atomic E-state index is 16.0. The Hall–Kier alpha value is -2.74. The summed E-state index contributed by atoms with van der Waals surface area (Å²) in [7, 11) is -3.01. The molecule has 7 heterocycles. The number of pyridine rings is 1. The number of nitrogen functional groups attached to an aromatic ring is 2. The number of nitrogens with zero attached hydrogens (tertiary/aromatic N) is 7. The lowest BCUT2D eigenvalue weighted by Crippen LogP contribution is -2.34. The molecule has 2 bridgehead atoms. The van der Waals surface area contributed by atoms with E-state index in [9.17, 15) is 9.13 Å². The SMILES string of the molecule is BP1(=O)OC[C@H]2O[C@@H](n3cnc4c(N)ccnc43)[C@H](OP(=O)(S)OC[C@H]3O[C@@H](n4cnc5c(N)ncnc54)[C@H](F)[C@@H]3O1)C2F. The van der Waals surface area contributed by atoms with E-state index in [4.69, 9.17) is 39.0 Å². The van der Waals surface area contributed by atoms with Crippen LogP contribution in [0.5, 0.6) is 0 Å². The van der Waals surface area contributed by atoms with Crippen molar-refractivity contribution < 1.29 is 45.5 Å². The molecule has 17 nitrogen and oxygen atoms in total. The summed E-state index contributed by atoms with van der Waals surface area (Å²) >= 11 is 4.04. The Balaban J connectivity index is 1.20. The second-order valence-corrected chi connectivity index (χ2v) is 15.2. The molecule has 0 aliphatic carbocycles. The van der Waals surface area contributed by atoms with E-state index in [1.165, 1.54) is 40.4 Å². The number of hydrogen-bond acceptors (Lipinski definition) is 15. The maximum Gasteiger partial charge on any atom is 0.386 e. The first kappa shape index (κ1) is 29.9. The van der Waals surface area contributed by atoms with Gasteiger partial charge in [0.25, 0.3) is 15.0 Å².